The van der Waals surface area contributed by atoms with Crippen molar-refractivity contribution in [3.8, 4) is 0 Å². The molecule has 0 saturated heterocycles. The van der Waals surface area contributed by atoms with Crippen LogP contribution in [0.4, 0.5) is 0 Å². The van der Waals surface area contributed by atoms with E-state index in [1.807, 2.05) is 19.3 Å². The molecule has 3 heterocycles. The highest BCUT2D eigenvalue weighted by Crippen LogP contribution is 2.01. The molecular formula is C20H26N4O7. The minimum atomic E-state index is -0.417. The quantitative estimate of drug-likeness (QED) is 0.197. The van der Waals surface area contributed by atoms with E-state index in [1.54, 1.807) is 37.3 Å². The largest absolute Gasteiger partial charge is 0.460 e. The Morgan fingerprint density at radius 2 is 1.39 bits per heavy atom. The van der Waals surface area contributed by atoms with Crippen molar-refractivity contribution in [2.24, 2.45) is 5.84 Å². The summed E-state index contributed by atoms with van der Waals surface area (Å²) in [5, 5.41) is 0. The first-order valence-electron chi connectivity index (χ1n) is 9.23. The second-order valence-electron chi connectivity index (χ2n) is 5.88. The van der Waals surface area contributed by atoms with E-state index in [0.29, 0.717) is 12.4 Å². The van der Waals surface area contributed by atoms with Gasteiger partial charge < -0.3 is 18.0 Å². The Morgan fingerprint density at radius 3 is 1.77 bits per heavy atom. The fraction of sp³-hybridized carbons (Fsp3) is 0.250. The molecule has 0 aromatic carbocycles. The minimum absolute atomic E-state index is 0.212. The summed E-state index contributed by atoms with van der Waals surface area (Å²) in [6.07, 6.45) is 4.31. The molecule has 3 aromatic rings. The molecule has 0 aliphatic heterocycles. The highest BCUT2D eigenvalue weighted by Gasteiger charge is 2.08. The van der Waals surface area contributed by atoms with Gasteiger partial charge in [-0.15, -0.1) is 0 Å². The van der Waals surface area contributed by atoms with Crippen LogP contribution < -0.4 is 22.1 Å². The maximum atomic E-state index is 11.1. The van der Waals surface area contributed by atoms with Crippen LogP contribution in [0, 0.1) is 0 Å². The summed E-state index contributed by atoms with van der Waals surface area (Å²) in [6, 6.07) is 9.85. The number of hydrogen-bond acceptors (Lipinski definition) is 9. The molecule has 2 amide bonds. The number of amides is 2. The van der Waals surface area contributed by atoms with E-state index < -0.39 is 11.9 Å². The van der Waals surface area contributed by atoms with Crippen molar-refractivity contribution in [2.75, 3.05) is 6.61 Å². The third-order valence-electron chi connectivity index (χ3n) is 3.09. The third-order valence-corrected chi connectivity index (χ3v) is 3.09. The number of nitrogens with one attached hydrogen (secondary N) is 3. The van der Waals surface area contributed by atoms with E-state index in [1.165, 1.54) is 24.9 Å². The highest BCUT2D eigenvalue weighted by atomic mass is 16.5. The number of carbonyl (C=O) groups is 3. The van der Waals surface area contributed by atoms with E-state index in [9.17, 15) is 14.4 Å². The fourth-order valence-corrected chi connectivity index (χ4v) is 1.76. The second kappa shape index (κ2) is 14.2. The van der Waals surface area contributed by atoms with Crippen LogP contribution in [0.1, 0.15) is 52.4 Å². The van der Waals surface area contributed by atoms with Crippen molar-refractivity contribution >= 4 is 17.8 Å². The van der Waals surface area contributed by atoms with E-state index in [2.05, 4.69) is 15.6 Å². The lowest BCUT2D eigenvalue weighted by molar-refractivity contribution is 0.0490. The summed E-state index contributed by atoms with van der Waals surface area (Å²) >= 11 is 0. The number of furan rings is 3. The third kappa shape index (κ3) is 9.96. The van der Waals surface area contributed by atoms with E-state index >= 15 is 0 Å². The van der Waals surface area contributed by atoms with Crippen molar-refractivity contribution in [3.05, 3.63) is 72.5 Å². The Kier molecular flexibility index (Phi) is 11.5. The number of carbonyl (C=O) groups excluding carboxylic acids is 3. The predicted octanol–water partition coefficient (Wildman–Crippen LogP) is 2.26. The molecule has 11 heteroatoms. The van der Waals surface area contributed by atoms with Gasteiger partial charge in [0.15, 0.2) is 11.5 Å². The van der Waals surface area contributed by atoms with Gasteiger partial charge in [-0.3, -0.25) is 20.4 Å². The Balaban J connectivity index is 0.000000235. The second-order valence-corrected chi connectivity index (χ2v) is 5.88. The topological polar surface area (TPSA) is 162 Å². The van der Waals surface area contributed by atoms with E-state index in [-0.39, 0.29) is 23.5 Å². The number of hydrazine groups is 2. The zero-order chi connectivity index (χ0) is 23.1. The number of nitrogens with two attached hydrogens (primary N) is 1. The lowest BCUT2D eigenvalue weighted by atomic mass is 10.4. The molecule has 0 bridgehead atoms. The first-order chi connectivity index (χ1) is 14.9. The van der Waals surface area contributed by atoms with Crippen LogP contribution in [0.15, 0.2) is 68.4 Å². The van der Waals surface area contributed by atoms with Crippen LogP contribution in [-0.4, -0.2) is 30.4 Å². The summed E-state index contributed by atoms with van der Waals surface area (Å²) < 4.78 is 19.0. The minimum Gasteiger partial charge on any atom is -0.460 e. The van der Waals surface area contributed by atoms with Crippen molar-refractivity contribution in [3.63, 3.8) is 0 Å². The van der Waals surface area contributed by atoms with Crippen molar-refractivity contribution in [1.29, 1.82) is 0 Å². The summed E-state index contributed by atoms with van der Waals surface area (Å²) in [6.45, 7) is 5.99. The summed E-state index contributed by atoms with van der Waals surface area (Å²) in [5.74, 6) is 4.50. The zero-order valence-corrected chi connectivity index (χ0v) is 17.4. The molecule has 0 spiro atoms. The molecule has 11 nitrogen and oxygen atoms in total. The maximum Gasteiger partial charge on any atom is 0.374 e. The molecule has 3 aromatic heterocycles. The molecule has 0 saturated carbocycles. The number of ether oxygens (including phenoxy) is 1. The van der Waals surface area contributed by atoms with Gasteiger partial charge in [0.1, 0.15) is 0 Å². The molecule has 0 unspecified atom stereocenters. The number of esters is 1. The molecule has 0 radical (unpaired) electrons. The first kappa shape index (κ1) is 25.2. The van der Waals surface area contributed by atoms with Gasteiger partial charge in [0.25, 0.3) is 0 Å². The Hall–Kier alpha value is -3.83. The molecule has 168 valence electrons. The van der Waals surface area contributed by atoms with Crippen LogP contribution in [0.2, 0.25) is 0 Å². The molecule has 0 aliphatic rings. The van der Waals surface area contributed by atoms with Gasteiger partial charge in [-0.1, -0.05) is 0 Å². The van der Waals surface area contributed by atoms with E-state index in [4.69, 9.17) is 19.1 Å². The van der Waals surface area contributed by atoms with Crippen LogP contribution in [-0.2, 0) is 4.74 Å². The Morgan fingerprint density at radius 1 is 0.903 bits per heavy atom. The van der Waals surface area contributed by atoms with Crippen LogP contribution in [0.5, 0.6) is 0 Å². The van der Waals surface area contributed by atoms with Crippen LogP contribution >= 0.6 is 0 Å². The number of hydrogen-bond donors (Lipinski definition) is 4. The standard InChI is InChI=1S/C8H12N2O2.C7H8O3.C5H6N2O2/c1-6(2)9-10-8(11)7-4-3-5-12-7;1-2-9-7(8)6-4-3-5-10-6;6-7-5(8)4-2-1-3-9-4/h3-6,9H,1-2H3,(H,10,11);3-5H,2H2,1H3;1-3H,6H2,(H,7,8). The highest BCUT2D eigenvalue weighted by molar-refractivity contribution is 5.91. The van der Waals surface area contributed by atoms with Gasteiger partial charge >= 0.3 is 17.8 Å². The van der Waals surface area contributed by atoms with Gasteiger partial charge in [-0.25, -0.2) is 16.1 Å². The molecular weight excluding hydrogens is 408 g/mol. The number of nitrogen functional groups attached to an aromatic ring is 1. The summed E-state index contributed by atoms with van der Waals surface area (Å²) in [4.78, 5) is 32.5. The van der Waals surface area contributed by atoms with Crippen molar-refractivity contribution in [1.82, 2.24) is 16.3 Å². The Bertz CT molecular complexity index is 873. The smallest absolute Gasteiger partial charge is 0.374 e. The van der Waals surface area contributed by atoms with Crippen LogP contribution in [0.25, 0.3) is 0 Å². The molecule has 3 rings (SSSR count). The van der Waals surface area contributed by atoms with Gasteiger partial charge in [0.05, 0.1) is 25.4 Å². The average molecular weight is 434 g/mol. The lowest BCUT2D eigenvalue weighted by Crippen LogP contribution is -2.41. The summed E-state index contributed by atoms with van der Waals surface area (Å²) in [7, 11) is 0. The van der Waals surface area contributed by atoms with Crippen molar-refractivity contribution < 1.29 is 32.4 Å². The predicted molar refractivity (Wildman–Crippen MR) is 109 cm³/mol. The van der Waals surface area contributed by atoms with Gasteiger partial charge in [-0.2, -0.15) is 0 Å². The molecule has 0 aliphatic carbocycles. The average Bonchev–Trinajstić information content (AvgIpc) is 3.54. The van der Waals surface area contributed by atoms with Gasteiger partial charge in [0.2, 0.25) is 5.76 Å². The molecule has 5 N–H and O–H groups in total. The van der Waals surface area contributed by atoms with Gasteiger partial charge in [0, 0.05) is 6.04 Å². The lowest BCUT2D eigenvalue weighted by Gasteiger charge is -2.07. The summed E-state index contributed by atoms with van der Waals surface area (Å²) in [5.41, 5.74) is 7.21. The van der Waals surface area contributed by atoms with Crippen molar-refractivity contribution in [2.45, 2.75) is 26.8 Å². The van der Waals surface area contributed by atoms with E-state index in [0.717, 1.165) is 0 Å². The monoisotopic (exact) mass is 434 g/mol. The van der Waals surface area contributed by atoms with Crippen LogP contribution in [0.3, 0.4) is 0 Å². The molecule has 0 fully saturated rings. The molecule has 0 atom stereocenters. The van der Waals surface area contributed by atoms with Gasteiger partial charge in [-0.05, 0) is 57.2 Å². The first-order valence-corrected chi connectivity index (χ1v) is 9.23. The normalized spacial score (nSPS) is 9.58. The zero-order valence-electron chi connectivity index (χ0n) is 17.4. The molecule has 31 heavy (non-hydrogen) atoms. The SMILES string of the molecule is CC(C)NNC(=O)c1ccco1.CCOC(=O)c1ccco1.NNC(=O)c1ccco1. The Labute approximate surface area is 178 Å². The fourth-order valence-electron chi connectivity index (χ4n) is 1.76. The maximum absolute atomic E-state index is 11.1. The number of rotatable bonds is 6.